The van der Waals surface area contributed by atoms with Crippen LogP contribution in [0.5, 0.6) is 5.88 Å². The van der Waals surface area contributed by atoms with Crippen molar-refractivity contribution in [1.82, 2.24) is 20.1 Å². The number of rotatable bonds is 5. The Kier molecular flexibility index (Phi) is 5.17. The number of carbonyl (C=O) groups excluding carboxylic acids is 1. The van der Waals surface area contributed by atoms with Gasteiger partial charge in [-0.15, -0.1) is 0 Å². The van der Waals surface area contributed by atoms with Gasteiger partial charge in [0, 0.05) is 30.2 Å². The van der Waals surface area contributed by atoms with Crippen LogP contribution in [0, 0.1) is 13.8 Å². The van der Waals surface area contributed by atoms with Crippen molar-refractivity contribution in [2.24, 2.45) is 0 Å². The Bertz CT molecular complexity index is 920. The molecule has 0 bridgehead atoms. The quantitative estimate of drug-likeness (QED) is 0.739. The second-order valence-corrected chi connectivity index (χ2v) is 5.90. The van der Waals surface area contributed by atoms with Crippen molar-refractivity contribution in [2.75, 3.05) is 12.4 Å². The number of benzene rings is 1. The molecule has 0 saturated heterocycles. The SMILES string of the molecule is COc1cc(CNC(=O)Nc2cccc(-n3nc(C)cc3C)c2)ccn1. The summed E-state index contributed by atoms with van der Waals surface area (Å²) in [5.41, 5.74) is 4.48. The Hall–Kier alpha value is -3.35. The first kappa shape index (κ1) is 17.5. The zero-order valence-electron chi connectivity index (χ0n) is 15.0. The van der Waals surface area contributed by atoms with Gasteiger partial charge in [-0.2, -0.15) is 5.10 Å². The molecule has 134 valence electrons. The van der Waals surface area contributed by atoms with E-state index in [9.17, 15) is 4.79 Å². The number of hydrogen-bond donors (Lipinski definition) is 2. The second kappa shape index (κ2) is 7.69. The Morgan fingerprint density at radius 1 is 1.19 bits per heavy atom. The molecule has 0 aliphatic carbocycles. The molecule has 2 amide bonds. The van der Waals surface area contributed by atoms with Crippen LogP contribution in [0.25, 0.3) is 5.69 Å². The number of aromatic nitrogens is 3. The van der Waals surface area contributed by atoms with Crippen LogP contribution in [0.3, 0.4) is 0 Å². The summed E-state index contributed by atoms with van der Waals surface area (Å²) in [5.74, 6) is 0.516. The van der Waals surface area contributed by atoms with Crippen molar-refractivity contribution in [1.29, 1.82) is 0 Å². The molecule has 0 aliphatic rings. The van der Waals surface area contributed by atoms with Crippen molar-refractivity contribution in [3.63, 3.8) is 0 Å². The Morgan fingerprint density at radius 2 is 2.04 bits per heavy atom. The summed E-state index contributed by atoms with van der Waals surface area (Å²) in [4.78, 5) is 16.2. The van der Waals surface area contributed by atoms with Gasteiger partial charge in [0.25, 0.3) is 0 Å². The van der Waals surface area contributed by atoms with Gasteiger partial charge in [-0.1, -0.05) is 6.07 Å². The van der Waals surface area contributed by atoms with E-state index < -0.39 is 0 Å². The van der Waals surface area contributed by atoms with Gasteiger partial charge < -0.3 is 15.4 Å². The van der Waals surface area contributed by atoms with E-state index in [1.54, 1.807) is 19.4 Å². The maximum absolute atomic E-state index is 12.2. The van der Waals surface area contributed by atoms with Gasteiger partial charge in [-0.3, -0.25) is 0 Å². The van der Waals surface area contributed by atoms with E-state index >= 15 is 0 Å². The fourth-order valence-corrected chi connectivity index (χ4v) is 2.64. The third kappa shape index (κ3) is 4.18. The summed E-state index contributed by atoms with van der Waals surface area (Å²) in [5, 5.41) is 10.1. The summed E-state index contributed by atoms with van der Waals surface area (Å²) in [6.45, 7) is 4.32. The van der Waals surface area contributed by atoms with Gasteiger partial charge in [-0.25, -0.2) is 14.5 Å². The van der Waals surface area contributed by atoms with Gasteiger partial charge in [0.2, 0.25) is 5.88 Å². The molecule has 3 aromatic rings. The lowest BCUT2D eigenvalue weighted by Crippen LogP contribution is -2.28. The highest BCUT2D eigenvalue weighted by atomic mass is 16.5. The number of ether oxygens (including phenoxy) is 1. The molecule has 7 nitrogen and oxygen atoms in total. The first-order chi connectivity index (χ1) is 12.5. The summed E-state index contributed by atoms with van der Waals surface area (Å²) >= 11 is 0. The summed E-state index contributed by atoms with van der Waals surface area (Å²) in [6.07, 6.45) is 1.64. The zero-order chi connectivity index (χ0) is 18.5. The van der Waals surface area contributed by atoms with Crippen LogP contribution in [0.2, 0.25) is 0 Å². The van der Waals surface area contributed by atoms with Crippen molar-refractivity contribution in [3.05, 3.63) is 65.6 Å². The molecule has 2 aromatic heterocycles. The van der Waals surface area contributed by atoms with E-state index in [0.29, 0.717) is 18.1 Å². The number of pyridine rings is 1. The monoisotopic (exact) mass is 351 g/mol. The molecule has 26 heavy (non-hydrogen) atoms. The molecule has 1 aromatic carbocycles. The molecule has 0 spiro atoms. The molecule has 0 unspecified atom stereocenters. The average molecular weight is 351 g/mol. The van der Waals surface area contributed by atoms with Crippen molar-refractivity contribution < 1.29 is 9.53 Å². The molecule has 3 rings (SSSR count). The number of amides is 2. The molecule has 7 heteroatoms. The number of hydrogen-bond acceptors (Lipinski definition) is 4. The number of aryl methyl sites for hydroxylation is 2. The highest BCUT2D eigenvalue weighted by molar-refractivity contribution is 5.89. The first-order valence-electron chi connectivity index (χ1n) is 8.22. The van der Waals surface area contributed by atoms with E-state index in [0.717, 1.165) is 22.6 Å². The Labute approximate surface area is 152 Å². The molecule has 0 radical (unpaired) electrons. The third-order valence-corrected chi connectivity index (χ3v) is 3.82. The lowest BCUT2D eigenvalue weighted by atomic mass is 10.2. The van der Waals surface area contributed by atoms with Gasteiger partial charge in [0.15, 0.2) is 0 Å². The summed E-state index contributed by atoms with van der Waals surface area (Å²) < 4.78 is 6.93. The minimum atomic E-state index is -0.286. The van der Waals surface area contributed by atoms with Crippen LogP contribution < -0.4 is 15.4 Å². The van der Waals surface area contributed by atoms with Gasteiger partial charge in [-0.05, 0) is 49.7 Å². The molecular formula is C19H21N5O2. The van der Waals surface area contributed by atoms with Gasteiger partial charge >= 0.3 is 6.03 Å². The fourth-order valence-electron chi connectivity index (χ4n) is 2.64. The van der Waals surface area contributed by atoms with Crippen LogP contribution in [-0.2, 0) is 6.54 Å². The maximum Gasteiger partial charge on any atom is 0.319 e. The lowest BCUT2D eigenvalue weighted by Gasteiger charge is -2.10. The smallest absolute Gasteiger partial charge is 0.319 e. The number of urea groups is 1. The molecular weight excluding hydrogens is 330 g/mol. The molecule has 0 aliphatic heterocycles. The number of methoxy groups -OCH3 is 1. The van der Waals surface area contributed by atoms with E-state index in [1.807, 2.05) is 54.9 Å². The number of nitrogens with zero attached hydrogens (tertiary/aromatic N) is 3. The molecule has 0 atom stereocenters. The summed E-state index contributed by atoms with van der Waals surface area (Å²) in [6, 6.07) is 12.9. The van der Waals surface area contributed by atoms with Crippen LogP contribution >= 0.6 is 0 Å². The molecule has 2 N–H and O–H groups in total. The fraction of sp³-hybridized carbons (Fsp3) is 0.211. The third-order valence-electron chi connectivity index (χ3n) is 3.82. The van der Waals surface area contributed by atoms with Crippen LogP contribution in [0.15, 0.2) is 48.7 Å². The van der Waals surface area contributed by atoms with Crippen molar-refractivity contribution >= 4 is 11.7 Å². The average Bonchev–Trinajstić information content (AvgIpc) is 2.98. The van der Waals surface area contributed by atoms with Crippen LogP contribution in [-0.4, -0.2) is 27.9 Å². The molecule has 0 fully saturated rings. The van der Waals surface area contributed by atoms with Gasteiger partial charge in [0.05, 0.1) is 18.5 Å². The topological polar surface area (TPSA) is 81.1 Å². The highest BCUT2D eigenvalue weighted by Crippen LogP contribution is 2.17. The molecule has 0 saturated carbocycles. The first-order valence-corrected chi connectivity index (χ1v) is 8.22. The number of carbonyl (C=O) groups is 1. The normalized spacial score (nSPS) is 10.4. The van der Waals surface area contributed by atoms with Crippen LogP contribution in [0.4, 0.5) is 10.5 Å². The molecule has 2 heterocycles. The minimum Gasteiger partial charge on any atom is -0.481 e. The van der Waals surface area contributed by atoms with E-state index in [1.165, 1.54) is 0 Å². The van der Waals surface area contributed by atoms with E-state index in [2.05, 4.69) is 20.7 Å². The number of nitrogens with one attached hydrogen (secondary N) is 2. The Morgan fingerprint density at radius 3 is 2.77 bits per heavy atom. The van der Waals surface area contributed by atoms with E-state index in [4.69, 9.17) is 4.74 Å². The lowest BCUT2D eigenvalue weighted by molar-refractivity contribution is 0.251. The largest absolute Gasteiger partial charge is 0.481 e. The number of anilines is 1. The Balaban J connectivity index is 1.64. The second-order valence-electron chi connectivity index (χ2n) is 5.90. The predicted octanol–water partition coefficient (Wildman–Crippen LogP) is 3.21. The standard InChI is InChI=1S/C19H21N5O2/c1-13-9-14(2)24(23-13)17-6-4-5-16(11-17)22-19(25)21-12-15-7-8-20-18(10-15)26-3/h4-11H,12H2,1-3H3,(H2,21,22,25). The predicted molar refractivity (Wildman–Crippen MR) is 99.7 cm³/mol. The van der Waals surface area contributed by atoms with Crippen molar-refractivity contribution in [2.45, 2.75) is 20.4 Å². The zero-order valence-corrected chi connectivity index (χ0v) is 15.0. The van der Waals surface area contributed by atoms with Crippen LogP contribution in [0.1, 0.15) is 17.0 Å². The highest BCUT2D eigenvalue weighted by Gasteiger charge is 2.07. The van der Waals surface area contributed by atoms with Crippen molar-refractivity contribution in [3.8, 4) is 11.6 Å². The van der Waals surface area contributed by atoms with E-state index in [-0.39, 0.29) is 6.03 Å². The van der Waals surface area contributed by atoms with Gasteiger partial charge in [0.1, 0.15) is 0 Å². The maximum atomic E-state index is 12.2. The summed E-state index contributed by atoms with van der Waals surface area (Å²) in [7, 11) is 1.56. The minimum absolute atomic E-state index is 0.286.